The lowest BCUT2D eigenvalue weighted by Gasteiger charge is -1.99. The number of nitrogens with zero attached hydrogens (tertiary/aromatic N) is 3. The van der Waals surface area contributed by atoms with Crippen LogP contribution in [0.5, 0.6) is 0 Å². The second-order valence-corrected chi connectivity index (χ2v) is 6.23. The maximum absolute atomic E-state index is 11.8. The van der Waals surface area contributed by atoms with Crippen molar-refractivity contribution in [2.45, 2.75) is 19.6 Å². The van der Waals surface area contributed by atoms with Crippen LogP contribution in [0.3, 0.4) is 0 Å². The van der Waals surface area contributed by atoms with Gasteiger partial charge in [0.05, 0.1) is 11.5 Å². The standard InChI is InChI=1S/C16H16N4O3S/c1-10-3-5-12(6-4-10)16-18-15(23-20-16)9-24-8-14(21)17-13-7-11(2)22-19-13/h3-7H,8-9H2,1-2H3,(H,17,19,21). The van der Waals surface area contributed by atoms with Gasteiger partial charge in [-0.15, -0.1) is 11.8 Å². The highest BCUT2D eigenvalue weighted by Gasteiger charge is 2.11. The molecule has 0 aliphatic rings. The van der Waals surface area contributed by atoms with Gasteiger partial charge in [-0.1, -0.05) is 40.1 Å². The van der Waals surface area contributed by atoms with E-state index in [2.05, 4.69) is 20.6 Å². The number of aryl methyl sites for hydroxylation is 2. The van der Waals surface area contributed by atoms with Gasteiger partial charge in [0.15, 0.2) is 5.82 Å². The molecule has 0 aliphatic carbocycles. The number of anilines is 1. The molecule has 7 nitrogen and oxygen atoms in total. The minimum atomic E-state index is -0.161. The third kappa shape index (κ3) is 4.23. The third-order valence-corrected chi connectivity index (χ3v) is 4.05. The van der Waals surface area contributed by atoms with E-state index in [1.54, 1.807) is 13.0 Å². The zero-order valence-corrected chi connectivity index (χ0v) is 14.1. The first-order chi connectivity index (χ1) is 11.6. The fourth-order valence-corrected chi connectivity index (χ4v) is 2.62. The van der Waals surface area contributed by atoms with Crippen molar-refractivity contribution in [3.63, 3.8) is 0 Å². The Morgan fingerprint density at radius 3 is 2.67 bits per heavy atom. The van der Waals surface area contributed by atoms with Gasteiger partial charge in [0.25, 0.3) is 0 Å². The summed E-state index contributed by atoms with van der Waals surface area (Å²) >= 11 is 1.38. The summed E-state index contributed by atoms with van der Waals surface area (Å²) in [4.78, 5) is 16.1. The van der Waals surface area contributed by atoms with Crippen LogP contribution in [0.15, 0.2) is 39.4 Å². The lowest BCUT2D eigenvalue weighted by atomic mass is 10.1. The molecule has 0 radical (unpaired) electrons. The number of thioether (sulfide) groups is 1. The molecule has 0 saturated carbocycles. The van der Waals surface area contributed by atoms with Gasteiger partial charge >= 0.3 is 0 Å². The first-order valence-corrected chi connectivity index (χ1v) is 8.46. The Hall–Kier alpha value is -2.61. The summed E-state index contributed by atoms with van der Waals surface area (Å²) in [5.74, 6) is 2.66. The van der Waals surface area contributed by atoms with Gasteiger partial charge in [-0.2, -0.15) is 4.98 Å². The summed E-state index contributed by atoms with van der Waals surface area (Å²) < 4.78 is 10.1. The third-order valence-electron chi connectivity index (χ3n) is 3.13. The first-order valence-electron chi connectivity index (χ1n) is 7.31. The van der Waals surface area contributed by atoms with E-state index in [-0.39, 0.29) is 11.7 Å². The topological polar surface area (TPSA) is 94.1 Å². The van der Waals surface area contributed by atoms with E-state index in [0.29, 0.717) is 29.0 Å². The van der Waals surface area contributed by atoms with Gasteiger partial charge in [0.2, 0.25) is 17.6 Å². The van der Waals surface area contributed by atoms with Crippen LogP contribution < -0.4 is 5.32 Å². The Bertz CT molecular complexity index is 826. The summed E-state index contributed by atoms with van der Waals surface area (Å²) in [5.41, 5.74) is 2.08. The minimum absolute atomic E-state index is 0.161. The van der Waals surface area contributed by atoms with Crippen molar-refractivity contribution < 1.29 is 13.8 Å². The van der Waals surface area contributed by atoms with Gasteiger partial charge in [-0.3, -0.25) is 4.79 Å². The van der Waals surface area contributed by atoms with E-state index in [0.717, 1.165) is 5.56 Å². The largest absolute Gasteiger partial charge is 0.360 e. The van der Waals surface area contributed by atoms with Crippen LogP contribution in [-0.2, 0) is 10.5 Å². The summed E-state index contributed by atoms with van der Waals surface area (Å²) in [7, 11) is 0. The molecule has 0 fully saturated rings. The molecule has 0 unspecified atom stereocenters. The molecule has 8 heteroatoms. The van der Waals surface area contributed by atoms with Crippen molar-refractivity contribution in [3.8, 4) is 11.4 Å². The average molecular weight is 344 g/mol. The van der Waals surface area contributed by atoms with Crippen molar-refractivity contribution in [1.29, 1.82) is 0 Å². The molecule has 1 N–H and O–H groups in total. The van der Waals surface area contributed by atoms with Crippen LogP contribution in [0.1, 0.15) is 17.2 Å². The minimum Gasteiger partial charge on any atom is -0.360 e. The van der Waals surface area contributed by atoms with Crippen molar-refractivity contribution >= 4 is 23.5 Å². The van der Waals surface area contributed by atoms with Crippen LogP contribution in [0, 0.1) is 13.8 Å². The van der Waals surface area contributed by atoms with Crippen molar-refractivity contribution in [1.82, 2.24) is 15.3 Å². The number of hydrogen-bond donors (Lipinski definition) is 1. The highest BCUT2D eigenvalue weighted by atomic mass is 32.2. The predicted molar refractivity (Wildman–Crippen MR) is 90.5 cm³/mol. The number of rotatable bonds is 6. The van der Waals surface area contributed by atoms with Crippen molar-refractivity contribution in [2.75, 3.05) is 11.1 Å². The Kier molecular flexibility index (Phi) is 4.95. The van der Waals surface area contributed by atoms with Crippen LogP contribution in [0.4, 0.5) is 5.82 Å². The monoisotopic (exact) mass is 344 g/mol. The quantitative estimate of drug-likeness (QED) is 0.733. The summed E-state index contributed by atoms with van der Waals surface area (Å²) in [6.45, 7) is 3.78. The van der Waals surface area contributed by atoms with Crippen LogP contribution in [0.2, 0.25) is 0 Å². The van der Waals surface area contributed by atoms with Crippen LogP contribution in [0.25, 0.3) is 11.4 Å². The molecule has 0 saturated heterocycles. The van der Waals surface area contributed by atoms with Gasteiger partial charge in [-0.05, 0) is 13.8 Å². The normalized spacial score (nSPS) is 10.8. The highest BCUT2D eigenvalue weighted by Crippen LogP contribution is 2.18. The van der Waals surface area contributed by atoms with E-state index in [1.807, 2.05) is 31.2 Å². The molecule has 24 heavy (non-hydrogen) atoms. The Labute approximate surface area is 142 Å². The average Bonchev–Trinajstić information content (AvgIpc) is 3.17. The second kappa shape index (κ2) is 7.31. The predicted octanol–water partition coefficient (Wildman–Crippen LogP) is 3.21. The number of amides is 1. The molecular weight excluding hydrogens is 328 g/mol. The molecule has 0 aliphatic heterocycles. The molecule has 2 heterocycles. The molecule has 0 atom stereocenters. The maximum atomic E-state index is 11.8. The fourth-order valence-electron chi connectivity index (χ4n) is 1.97. The van der Waals surface area contributed by atoms with E-state index in [1.165, 1.54) is 17.3 Å². The molecule has 3 rings (SSSR count). The Morgan fingerprint density at radius 2 is 1.96 bits per heavy atom. The van der Waals surface area contributed by atoms with Gasteiger partial charge in [-0.25, -0.2) is 0 Å². The van der Waals surface area contributed by atoms with Gasteiger partial charge < -0.3 is 14.4 Å². The van der Waals surface area contributed by atoms with E-state index in [4.69, 9.17) is 9.05 Å². The fraction of sp³-hybridized carbons (Fsp3) is 0.250. The molecule has 1 aromatic carbocycles. The number of nitrogens with one attached hydrogen (secondary N) is 1. The smallest absolute Gasteiger partial charge is 0.236 e. The number of carbonyl (C=O) groups is 1. The zero-order chi connectivity index (χ0) is 16.9. The van der Waals surface area contributed by atoms with Gasteiger partial charge in [0, 0.05) is 11.6 Å². The summed E-state index contributed by atoms with van der Waals surface area (Å²) in [6.07, 6.45) is 0. The zero-order valence-electron chi connectivity index (χ0n) is 13.3. The molecule has 124 valence electrons. The second-order valence-electron chi connectivity index (χ2n) is 5.24. The van der Waals surface area contributed by atoms with E-state index >= 15 is 0 Å². The lowest BCUT2D eigenvalue weighted by molar-refractivity contribution is -0.113. The number of carbonyl (C=O) groups excluding carboxylic acids is 1. The Morgan fingerprint density at radius 1 is 1.17 bits per heavy atom. The molecule has 2 aromatic heterocycles. The molecule has 1 amide bonds. The molecular formula is C16H16N4O3S. The molecule has 0 spiro atoms. The van der Waals surface area contributed by atoms with Crippen LogP contribution in [-0.4, -0.2) is 27.0 Å². The summed E-state index contributed by atoms with van der Waals surface area (Å²) in [6, 6.07) is 9.55. The number of aromatic nitrogens is 3. The van der Waals surface area contributed by atoms with Crippen LogP contribution >= 0.6 is 11.8 Å². The van der Waals surface area contributed by atoms with E-state index in [9.17, 15) is 4.79 Å². The summed E-state index contributed by atoms with van der Waals surface area (Å²) in [5, 5.41) is 10.3. The lowest BCUT2D eigenvalue weighted by Crippen LogP contribution is -2.14. The first kappa shape index (κ1) is 16.3. The Balaban J connectivity index is 1.48. The van der Waals surface area contributed by atoms with E-state index < -0.39 is 0 Å². The number of benzene rings is 1. The van der Waals surface area contributed by atoms with Gasteiger partial charge in [0.1, 0.15) is 5.76 Å². The molecule has 3 aromatic rings. The van der Waals surface area contributed by atoms with Crippen molar-refractivity contribution in [3.05, 3.63) is 47.5 Å². The SMILES string of the molecule is Cc1ccc(-c2noc(CSCC(=O)Nc3cc(C)on3)n2)cc1. The molecule has 0 bridgehead atoms. The maximum Gasteiger partial charge on any atom is 0.236 e. The van der Waals surface area contributed by atoms with Crippen molar-refractivity contribution in [2.24, 2.45) is 0 Å². The highest BCUT2D eigenvalue weighted by molar-refractivity contribution is 7.99. The number of hydrogen-bond acceptors (Lipinski definition) is 7.